The van der Waals surface area contributed by atoms with Gasteiger partial charge in [0.05, 0.1) is 12.2 Å². The normalized spacial score (nSPS) is 12.9. The van der Waals surface area contributed by atoms with Gasteiger partial charge in [-0.15, -0.1) is 0 Å². The van der Waals surface area contributed by atoms with Crippen molar-refractivity contribution in [3.63, 3.8) is 0 Å². The van der Waals surface area contributed by atoms with Crippen LogP contribution >= 0.6 is 0 Å². The minimum Gasteiger partial charge on any atom is -0.369 e. The van der Waals surface area contributed by atoms with E-state index in [2.05, 4.69) is 4.98 Å². The Morgan fingerprint density at radius 2 is 2.45 bits per heavy atom. The van der Waals surface area contributed by atoms with Gasteiger partial charge in [0.2, 0.25) is 5.91 Å². The van der Waals surface area contributed by atoms with Crippen LogP contribution in [0.1, 0.15) is 18.5 Å². The van der Waals surface area contributed by atoms with Crippen LogP contribution in [0.2, 0.25) is 0 Å². The second-order valence-corrected chi connectivity index (χ2v) is 2.55. The molecule has 1 unspecified atom stereocenters. The monoisotopic (exact) mass is 153 g/mol. The summed E-state index contributed by atoms with van der Waals surface area (Å²) in [5, 5.41) is 0. The quantitative estimate of drug-likeness (QED) is 0.650. The molecule has 0 radical (unpaired) electrons. The molecule has 0 aliphatic carbocycles. The van der Waals surface area contributed by atoms with Crippen molar-refractivity contribution in [2.24, 2.45) is 12.8 Å². The zero-order valence-electron chi connectivity index (χ0n) is 6.61. The highest BCUT2D eigenvalue weighted by Crippen LogP contribution is 2.11. The van der Waals surface area contributed by atoms with Crippen molar-refractivity contribution < 1.29 is 4.79 Å². The van der Waals surface area contributed by atoms with Gasteiger partial charge < -0.3 is 10.3 Å². The Morgan fingerprint density at radius 1 is 1.82 bits per heavy atom. The number of aryl methyl sites for hydroxylation is 1. The van der Waals surface area contributed by atoms with E-state index < -0.39 is 0 Å². The lowest BCUT2D eigenvalue weighted by atomic mass is 10.1. The molecule has 60 valence electrons. The second kappa shape index (κ2) is 2.74. The van der Waals surface area contributed by atoms with Crippen molar-refractivity contribution in [2.45, 2.75) is 12.8 Å². The summed E-state index contributed by atoms with van der Waals surface area (Å²) in [6.45, 7) is 1.76. The van der Waals surface area contributed by atoms with E-state index in [1.165, 1.54) is 0 Å². The average Bonchev–Trinajstić information content (AvgIpc) is 2.33. The summed E-state index contributed by atoms with van der Waals surface area (Å²) in [4.78, 5) is 14.6. The summed E-state index contributed by atoms with van der Waals surface area (Å²) >= 11 is 0. The predicted octanol–water partition coefficient (Wildman–Crippen LogP) is 0.00890. The first-order valence-corrected chi connectivity index (χ1v) is 3.38. The van der Waals surface area contributed by atoms with Crippen molar-refractivity contribution in [3.05, 3.63) is 18.2 Å². The number of primary amides is 1. The van der Waals surface area contributed by atoms with Gasteiger partial charge >= 0.3 is 0 Å². The lowest BCUT2D eigenvalue weighted by Crippen LogP contribution is -2.20. The number of imidazole rings is 1. The molecule has 1 rings (SSSR count). The maximum atomic E-state index is 10.7. The minimum atomic E-state index is -0.325. The van der Waals surface area contributed by atoms with E-state index in [-0.39, 0.29) is 11.8 Å². The van der Waals surface area contributed by atoms with Gasteiger partial charge in [0.15, 0.2) is 0 Å². The number of amides is 1. The highest BCUT2D eigenvalue weighted by atomic mass is 16.1. The lowest BCUT2D eigenvalue weighted by molar-refractivity contribution is -0.119. The largest absolute Gasteiger partial charge is 0.369 e. The number of carbonyl (C=O) groups excluding carboxylic acids is 1. The van der Waals surface area contributed by atoms with E-state index in [4.69, 9.17) is 5.73 Å². The Hall–Kier alpha value is -1.32. The summed E-state index contributed by atoms with van der Waals surface area (Å²) in [5.74, 6) is -0.587. The molecular formula is C7H11N3O. The molecule has 1 heterocycles. The number of nitrogens with two attached hydrogens (primary N) is 1. The third kappa shape index (κ3) is 1.39. The van der Waals surface area contributed by atoms with Gasteiger partial charge in [0.1, 0.15) is 0 Å². The minimum absolute atomic E-state index is 0.262. The van der Waals surface area contributed by atoms with Crippen LogP contribution in [0.15, 0.2) is 12.5 Å². The summed E-state index contributed by atoms with van der Waals surface area (Å²) in [6, 6.07) is 0. The number of hydrogen-bond acceptors (Lipinski definition) is 2. The first-order chi connectivity index (χ1) is 5.13. The van der Waals surface area contributed by atoms with E-state index in [0.717, 1.165) is 5.69 Å². The molecule has 0 bridgehead atoms. The molecule has 1 aromatic rings. The molecule has 0 saturated carbocycles. The van der Waals surface area contributed by atoms with Crippen LogP contribution in [0.25, 0.3) is 0 Å². The van der Waals surface area contributed by atoms with Crippen molar-refractivity contribution in [3.8, 4) is 0 Å². The average molecular weight is 153 g/mol. The van der Waals surface area contributed by atoms with Crippen molar-refractivity contribution in [1.82, 2.24) is 9.55 Å². The van der Waals surface area contributed by atoms with Crippen LogP contribution in [0.5, 0.6) is 0 Å². The van der Waals surface area contributed by atoms with Crippen molar-refractivity contribution in [1.29, 1.82) is 0 Å². The second-order valence-electron chi connectivity index (χ2n) is 2.55. The van der Waals surface area contributed by atoms with Gasteiger partial charge in [-0.1, -0.05) is 0 Å². The molecule has 0 fully saturated rings. The Balaban J connectivity index is 2.92. The van der Waals surface area contributed by atoms with E-state index in [0.29, 0.717) is 0 Å². The summed E-state index contributed by atoms with van der Waals surface area (Å²) in [6.07, 6.45) is 3.30. The van der Waals surface area contributed by atoms with Crippen LogP contribution in [0.3, 0.4) is 0 Å². The molecule has 4 nitrogen and oxygen atoms in total. The zero-order chi connectivity index (χ0) is 8.43. The van der Waals surface area contributed by atoms with Gasteiger partial charge in [-0.25, -0.2) is 4.98 Å². The van der Waals surface area contributed by atoms with E-state index in [9.17, 15) is 4.79 Å². The lowest BCUT2D eigenvalue weighted by Gasteiger charge is -2.06. The van der Waals surface area contributed by atoms with Gasteiger partial charge in [0.25, 0.3) is 0 Å². The molecule has 0 aliphatic heterocycles. The van der Waals surface area contributed by atoms with E-state index in [1.54, 1.807) is 24.0 Å². The number of aromatic nitrogens is 2. The van der Waals surface area contributed by atoms with Crippen LogP contribution in [0.4, 0.5) is 0 Å². The molecule has 2 N–H and O–H groups in total. The van der Waals surface area contributed by atoms with Gasteiger partial charge in [-0.2, -0.15) is 0 Å². The fraction of sp³-hybridized carbons (Fsp3) is 0.429. The molecule has 1 aromatic heterocycles. The third-order valence-corrected chi connectivity index (χ3v) is 1.72. The van der Waals surface area contributed by atoms with Crippen LogP contribution in [-0.4, -0.2) is 15.5 Å². The van der Waals surface area contributed by atoms with Crippen molar-refractivity contribution in [2.75, 3.05) is 0 Å². The highest BCUT2D eigenvalue weighted by Gasteiger charge is 2.13. The molecule has 1 atom stereocenters. The topological polar surface area (TPSA) is 60.9 Å². The number of rotatable bonds is 2. The molecule has 4 heteroatoms. The molecule has 0 saturated heterocycles. The van der Waals surface area contributed by atoms with Gasteiger partial charge in [-0.3, -0.25) is 4.79 Å². The number of nitrogens with zero attached hydrogens (tertiary/aromatic N) is 2. The van der Waals surface area contributed by atoms with Crippen LogP contribution in [0, 0.1) is 0 Å². The van der Waals surface area contributed by atoms with Crippen molar-refractivity contribution >= 4 is 5.91 Å². The predicted molar refractivity (Wildman–Crippen MR) is 40.8 cm³/mol. The van der Waals surface area contributed by atoms with Crippen LogP contribution in [-0.2, 0) is 11.8 Å². The first-order valence-electron chi connectivity index (χ1n) is 3.38. The SMILES string of the molecule is CC(C(N)=O)c1cncn1C. The first kappa shape index (κ1) is 7.78. The molecular weight excluding hydrogens is 142 g/mol. The zero-order valence-corrected chi connectivity index (χ0v) is 6.61. The molecule has 0 spiro atoms. The Bertz CT molecular complexity index is 266. The summed E-state index contributed by atoms with van der Waals surface area (Å²) in [5.41, 5.74) is 5.96. The Labute approximate surface area is 65.0 Å². The Kier molecular flexibility index (Phi) is 1.94. The molecule has 0 aromatic carbocycles. The van der Waals surface area contributed by atoms with Gasteiger partial charge in [-0.05, 0) is 6.92 Å². The number of carbonyl (C=O) groups is 1. The highest BCUT2D eigenvalue weighted by molar-refractivity contribution is 5.80. The number of hydrogen-bond donors (Lipinski definition) is 1. The van der Waals surface area contributed by atoms with Crippen LogP contribution < -0.4 is 5.73 Å². The standard InChI is InChI=1S/C7H11N3O/c1-5(7(8)11)6-3-9-4-10(6)2/h3-5H,1-2H3,(H2,8,11). The van der Waals surface area contributed by atoms with E-state index >= 15 is 0 Å². The summed E-state index contributed by atoms with van der Waals surface area (Å²) < 4.78 is 1.79. The maximum Gasteiger partial charge on any atom is 0.226 e. The molecule has 11 heavy (non-hydrogen) atoms. The maximum absolute atomic E-state index is 10.7. The third-order valence-electron chi connectivity index (χ3n) is 1.72. The molecule has 1 amide bonds. The van der Waals surface area contributed by atoms with E-state index in [1.807, 2.05) is 7.05 Å². The smallest absolute Gasteiger partial charge is 0.226 e. The Morgan fingerprint density at radius 3 is 2.82 bits per heavy atom. The summed E-state index contributed by atoms with van der Waals surface area (Å²) in [7, 11) is 1.84. The molecule has 0 aliphatic rings. The van der Waals surface area contributed by atoms with Gasteiger partial charge in [0, 0.05) is 18.9 Å². The fourth-order valence-electron chi connectivity index (χ4n) is 0.930. The fourth-order valence-corrected chi connectivity index (χ4v) is 0.930.